The summed E-state index contributed by atoms with van der Waals surface area (Å²) in [5, 5.41) is 3.50. The van der Waals surface area contributed by atoms with Crippen molar-refractivity contribution in [1.82, 2.24) is 14.9 Å². The second-order valence-electron chi connectivity index (χ2n) is 3.96. The van der Waals surface area contributed by atoms with Crippen LogP contribution in [0.2, 0.25) is 0 Å². The van der Waals surface area contributed by atoms with E-state index < -0.39 is 0 Å². The first-order chi connectivity index (χ1) is 6.14. The van der Waals surface area contributed by atoms with Crippen LogP contribution in [0.1, 0.15) is 27.2 Å². The molecule has 1 aromatic rings. The van der Waals surface area contributed by atoms with Crippen molar-refractivity contribution < 1.29 is 0 Å². The second kappa shape index (κ2) is 4.42. The molecule has 3 nitrogen and oxygen atoms in total. The molecule has 0 aromatic carbocycles. The summed E-state index contributed by atoms with van der Waals surface area (Å²) in [4.78, 5) is 3.99. The van der Waals surface area contributed by atoms with Gasteiger partial charge in [0, 0.05) is 31.0 Å². The number of imidazole rings is 1. The molecular weight excluding hydrogens is 162 g/mol. The molecule has 13 heavy (non-hydrogen) atoms. The van der Waals surface area contributed by atoms with Crippen LogP contribution in [0.3, 0.4) is 0 Å². The Hall–Kier alpha value is -0.830. The predicted octanol–water partition coefficient (Wildman–Crippen LogP) is 1.66. The van der Waals surface area contributed by atoms with Crippen LogP contribution in [0.25, 0.3) is 0 Å². The Bertz CT molecular complexity index is 226. The van der Waals surface area contributed by atoms with Gasteiger partial charge in [0.15, 0.2) is 0 Å². The third-order valence-electron chi connectivity index (χ3n) is 2.42. The lowest BCUT2D eigenvalue weighted by atomic mass is 10.0. The summed E-state index contributed by atoms with van der Waals surface area (Å²) in [6.45, 7) is 8.63. The van der Waals surface area contributed by atoms with E-state index in [0.717, 1.165) is 19.5 Å². The molecule has 3 heteroatoms. The molecular formula is C10H19N3. The van der Waals surface area contributed by atoms with Crippen molar-refractivity contribution in [3.8, 4) is 0 Å². The van der Waals surface area contributed by atoms with E-state index in [4.69, 9.17) is 0 Å². The van der Waals surface area contributed by atoms with E-state index in [1.165, 1.54) is 0 Å². The van der Waals surface area contributed by atoms with E-state index in [0.29, 0.717) is 0 Å². The van der Waals surface area contributed by atoms with Crippen LogP contribution in [0.15, 0.2) is 18.7 Å². The van der Waals surface area contributed by atoms with Gasteiger partial charge in [-0.3, -0.25) is 0 Å². The Balaban J connectivity index is 2.21. The highest BCUT2D eigenvalue weighted by atomic mass is 15.1. The second-order valence-corrected chi connectivity index (χ2v) is 3.96. The van der Waals surface area contributed by atoms with Crippen molar-refractivity contribution in [2.75, 3.05) is 6.54 Å². The quantitative estimate of drug-likeness (QED) is 0.748. The van der Waals surface area contributed by atoms with Crippen LogP contribution in [0.4, 0.5) is 0 Å². The maximum absolute atomic E-state index is 3.99. The summed E-state index contributed by atoms with van der Waals surface area (Å²) in [7, 11) is 0. The maximum atomic E-state index is 3.99. The number of nitrogens with zero attached hydrogens (tertiary/aromatic N) is 2. The van der Waals surface area contributed by atoms with Crippen LogP contribution in [-0.2, 0) is 6.54 Å². The molecule has 0 radical (unpaired) electrons. The van der Waals surface area contributed by atoms with Gasteiger partial charge in [0.05, 0.1) is 6.33 Å². The lowest BCUT2D eigenvalue weighted by Gasteiger charge is -2.24. The summed E-state index contributed by atoms with van der Waals surface area (Å²) in [5.74, 6) is 0. The molecule has 74 valence electrons. The van der Waals surface area contributed by atoms with Gasteiger partial charge in [-0.15, -0.1) is 0 Å². The van der Waals surface area contributed by atoms with Crippen molar-refractivity contribution in [3.05, 3.63) is 18.7 Å². The van der Waals surface area contributed by atoms with Gasteiger partial charge in [-0.2, -0.15) is 0 Å². The van der Waals surface area contributed by atoms with Crippen molar-refractivity contribution >= 4 is 0 Å². The van der Waals surface area contributed by atoms with Crippen molar-refractivity contribution in [2.45, 2.75) is 39.3 Å². The van der Waals surface area contributed by atoms with Gasteiger partial charge >= 0.3 is 0 Å². The van der Waals surface area contributed by atoms with Gasteiger partial charge in [0.2, 0.25) is 0 Å². The average molecular weight is 181 g/mol. The van der Waals surface area contributed by atoms with E-state index in [-0.39, 0.29) is 5.54 Å². The smallest absolute Gasteiger partial charge is 0.0946 e. The first kappa shape index (κ1) is 10.3. The average Bonchev–Trinajstić information content (AvgIpc) is 2.57. The fourth-order valence-corrected chi connectivity index (χ4v) is 1.07. The Morgan fingerprint density at radius 3 is 2.77 bits per heavy atom. The minimum Gasteiger partial charge on any atom is -0.336 e. The summed E-state index contributed by atoms with van der Waals surface area (Å²) in [6, 6.07) is 0. The largest absolute Gasteiger partial charge is 0.336 e. The molecule has 0 saturated heterocycles. The molecule has 0 saturated carbocycles. The van der Waals surface area contributed by atoms with E-state index in [1.54, 1.807) is 0 Å². The molecule has 0 bridgehead atoms. The van der Waals surface area contributed by atoms with Gasteiger partial charge < -0.3 is 9.88 Å². The third kappa shape index (κ3) is 3.59. The van der Waals surface area contributed by atoms with Gasteiger partial charge in [-0.25, -0.2) is 4.98 Å². The molecule has 0 spiro atoms. The molecule has 0 fully saturated rings. The summed E-state index contributed by atoms with van der Waals surface area (Å²) < 4.78 is 2.08. The van der Waals surface area contributed by atoms with E-state index in [2.05, 4.69) is 35.6 Å². The standard InChI is InChI=1S/C10H19N3/c1-4-10(2,3)12-6-8-13-7-5-11-9-13/h5,7,9,12H,4,6,8H2,1-3H3. The highest BCUT2D eigenvalue weighted by Gasteiger charge is 2.12. The lowest BCUT2D eigenvalue weighted by Crippen LogP contribution is -2.40. The minimum absolute atomic E-state index is 0.251. The molecule has 0 aliphatic heterocycles. The summed E-state index contributed by atoms with van der Waals surface area (Å²) in [6.07, 6.45) is 6.79. The molecule has 0 atom stereocenters. The number of hydrogen-bond acceptors (Lipinski definition) is 2. The van der Waals surface area contributed by atoms with Gasteiger partial charge in [-0.1, -0.05) is 6.92 Å². The predicted molar refractivity (Wildman–Crippen MR) is 54.6 cm³/mol. The minimum atomic E-state index is 0.251. The maximum Gasteiger partial charge on any atom is 0.0946 e. The monoisotopic (exact) mass is 181 g/mol. The number of rotatable bonds is 5. The Morgan fingerprint density at radius 2 is 2.23 bits per heavy atom. The zero-order valence-corrected chi connectivity index (χ0v) is 8.75. The Morgan fingerprint density at radius 1 is 1.46 bits per heavy atom. The summed E-state index contributed by atoms with van der Waals surface area (Å²) in [5.41, 5.74) is 0.251. The molecule has 0 aliphatic rings. The van der Waals surface area contributed by atoms with E-state index in [9.17, 15) is 0 Å². The summed E-state index contributed by atoms with van der Waals surface area (Å²) >= 11 is 0. The molecule has 1 heterocycles. The van der Waals surface area contributed by atoms with Gasteiger partial charge in [-0.05, 0) is 20.3 Å². The van der Waals surface area contributed by atoms with Crippen molar-refractivity contribution in [1.29, 1.82) is 0 Å². The zero-order valence-electron chi connectivity index (χ0n) is 8.75. The normalized spacial score (nSPS) is 11.9. The topological polar surface area (TPSA) is 29.9 Å². The highest BCUT2D eigenvalue weighted by molar-refractivity contribution is 4.77. The number of hydrogen-bond donors (Lipinski definition) is 1. The lowest BCUT2D eigenvalue weighted by molar-refractivity contribution is 0.368. The fraction of sp³-hybridized carbons (Fsp3) is 0.700. The van der Waals surface area contributed by atoms with Crippen molar-refractivity contribution in [3.63, 3.8) is 0 Å². The highest BCUT2D eigenvalue weighted by Crippen LogP contribution is 2.05. The van der Waals surface area contributed by atoms with Crippen LogP contribution in [-0.4, -0.2) is 21.6 Å². The molecule has 1 rings (SSSR count). The molecule has 0 aliphatic carbocycles. The van der Waals surface area contributed by atoms with Gasteiger partial charge in [0.1, 0.15) is 0 Å². The van der Waals surface area contributed by atoms with Crippen LogP contribution in [0.5, 0.6) is 0 Å². The third-order valence-corrected chi connectivity index (χ3v) is 2.42. The first-order valence-corrected chi connectivity index (χ1v) is 4.85. The van der Waals surface area contributed by atoms with Gasteiger partial charge in [0.25, 0.3) is 0 Å². The van der Waals surface area contributed by atoms with Crippen molar-refractivity contribution in [2.24, 2.45) is 0 Å². The SMILES string of the molecule is CCC(C)(C)NCCn1ccnc1. The first-order valence-electron chi connectivity index (χ1n) is 4.85. The Labute approximate surface area is 80.2 Å². The van der Waals surface area contributed by atoms with E-state index in [1.807, 2.05) is 18.7 Å². The molecule has 1 N–H and O–H groups in total. The van der Waals surface area contributed by atoms with Crippen LogP contribution in [0, 0.1) is 0 Å². The number of aromatic nitrogens is 2. The van der Waals surface area contributed by atoms with E-state index >= 15 is 0 Å². The Kier molecular flexibility index (Phi) is 3.48. The fourth-order valence-electron chi connectivity index (χ4n) is 1.07. The zero-order chi connectivity index (χ0) is 9.73. The van der Waals surface area contributed by atoms with Crippen LogP contribution < -0.4 is 5.32 Å². The molecule has 1 aromatic heterocycles. The molecule has 0 amide bonds. The molecule has 0 unspecified atom stereocenters. The van der Waals surface area contributed by atoms with Crippen LogP contribution >= 0.6 is 0 Å². The number of nitrogens with one attached hydrogen (secondary N) is 1.